The molecule has 0 aliphatic carbocycles. The van der Waals surface area contributed by atoms with Gasteiger partial charge in [-0.3, -0.25) is 4.90 Å². The van der Waals surface area contributed by atoms with Crippen molar-refractivity contribution in [1.29, 1.82) is 0 Å². The Morgan fingerprint density at radius 3 is 2.69 bits per heavy atom. The summed E-state index contributed by atoms with van der Waals surface area (Å²) in [5.74, 6) is 0. The van der Waals surface area contributed by atoms with E-state index in [-0.39, 0.29) is 0 Å². The number of aliphatic hydroxyl groups excluding tert-OH is 1. The van der Waals surface area contributed by atoms with E-state index in [4.69, 9.17) is 5.73 Å². The molecule has 0 radical (unpaired) electrons. The number of hydrogen-bond acceptors (Lipinski definition) is 4. The van der Waals surface area contributed by atoms with Crippen molar-refractivity contribution in [3.8, 4) is 0 Å². The van der Waals surface area contributed by atoms with Gasteiger partial charge in [-0.25, -0.2) is 4.99 Å². The zero-order valence-corrected chi connectivity index (χ0v) is 10.3. The van der Waals surface area contributed by atoms with Crippen LogP contribution in [0.15, 0.2) is 4.99 Å². The highest BCUT2D eigenvalue weighted by atomic mass is 16.3. The molecule has 0 aromatic heterocycles. The molecule has 1 atom stereocenters. The molecule has 5 heteroatoms. The van der Waals surface area contributed by atoms with Crippen LogP contribution in [0.1, 0.15) is 26.2 Å². The smallest absolute Gasteiger partial charge is 0.205 e. The molecule has 16 heavy (non-hydrogen) atoms. The van der Waals surface area contributed by atoms with Crippen molar-refractivity contribution in [1.82, 2.24) is 9.80 Å². The van der Waals surface area contributed by atoms with Crippen LogP contribution in [-0.4, -0.2) is 60.3 Å². The van der Waals surface area contributed by atoms with Crippen LogP contribution < -0.4 is 5.73 Å². The molecule has 1 aliphatic heterocycles. The van der Waals surface area contributed by atoms with Crippen molar-refractivity contribution in [3.63, 3.8) is 0 Å². The van der Waals surface area contributed by atoms with Gasteiger partial charge in [-0.05, 0) is 45.9 Å². The maximum Gasteiger partial charge on any atom is 0.205 e. The van der Waals surface area contributed by atoms with Gasteiger partial charge in [-0.2, -0.15) is 0 Å². The van der Waals surface area contributed by atoms with E-state index in [9.17, 15) is 5.11 Å². The lowest BCUT2D eigenvalue weighted by Gasteiger charge is -2.37. The predicted molar refractivity (Wildman–Crippen MR) is 66.2 cm³/mol. The summed E-state index contributed by atoms with van der Waals surface area (Å²) in [6.07, 6.45) is 3.75. The number of nitrogens with two attached hydrogens (primary N) is 1. The third-order valence-corrected chi connectivity index (χ3v) is 3.26. The zero-order valence-electron chi connectivity index (χ0n) is 10.3. The molecule has 1 fully saturated rings. The summed E-state index contributed by atoms with van der Waals surface area (Å²) in [5, 5.41) is 9.67. The Hall–Kier alpha value is -0.650. The first kappa shape index (κ1) is 13.4. The van der Waals surface area contributed by atoms with Gasteiger partial charge in [-0.1, -0.05) is 6.92 Å². The lowest BCUT2D eigenvalue weighted by Crippen LogP contribution is -2.46. The van der Waals surface area contributed by atoms with Gasteiger partial charge in [0.05, 0.1) is 6.34 Å². The molecule has 94 valence electrons. The summed E-state index contributed by atoms with van der Waals surface area (Å²) >= 11 is 0. The van der Waals surface area contributed by atoms with Crippen LogP contribution in [0, 0.1) is 0 Å². The topological polar surface area (TPSA) is 65.1 Å². The molecular formula is C11H24N4O. The molecule has 1 heterocycles. The van der Waals surface area contributed by atoms with Crippen LogP contribution in [-0.2, 0) is 0 Å². The summed E-state index contributed by atoms with van der Waals surface area (Å²) in [4.78, 5) is 8.15. The number of piperidine rings is 1. The quantitative estimate of drug-likeness (QED) is 0.397. The van der Waals surface area contributed by atoms with E-state index in [1.54, 1.807) is 0 Å². The van der Waals surface area contributed by atoms with Gasteiger partial charge in [0, 0.05) is 6.04 Å². The highest BCUT2D eigenvalue weighted by molar-refractivity contribution is 5.51. The normalized spacial score (nSPS) is 22.0. The Kier molecular flexibility index (Phi) is 5.73. The number of aliphatic hydroxyl groups is 1. The van der Waals surface area contributed by atoms with Crippen LogP contribution in [0.4, 0.5) is 0 Å². The van der Waals surface area contributed by atoms with Crippen LogP contribution in [0.2, 0.25) is 0 Å². The molecule has 1 saturated heterocycles. The zero-order chi connectivity index (χ0) is 12.0. The van der Waals surface area contributed by atoms with Gasteiger partial charge in [-0.15, -0.1) is 0 Å². The van der Waals surface area contributed by atoms with Crippen molar-refractivity contribution >= 4 is 6.34 Å². The van der Waals surface area contributed by atoms with Crippen molar-refractivity contribution in [2.45, 2.75) is 38.6 Å². The third kappa shape index (κ3) is 3.73. The molecule has 5 nitrogen and oxygen atoms in total. The van der Waals surface area contributed by atoms with Crippen molar-refractivity contribution in [3.05, 3.63) is 0 Å². The Labute approximate surface area is 97.9 Å². The standard InChI is InChI=1S/C11H24N4O/c1-3-6-15-7-4-10(5-8-15)14(2)11(16)13-9-12/h9-11,16H,3-8H2,1-2H3,(H2,12,13). The number of likely N-dealkylation sites (tertiary alicyclic amines) is 1. The highest BCUT2D eigenvalue weighted by Crippen LogP contribution is 2.17. The Morgan fingerprint density at radius 2 is 2.19 bits per heavy atom. The fraction of sp³-hybridized carbons (Fsp3) is 0.909. The molecule has 0 aromatic rings. The first-order chi connectivity index (χ1) is 7.69. The first-order valence-corrected chi connectivity index (χ1v) is 6.04. The summed E-state index contributed by atoms with van der Waals surface area (Å²) in [7, 11) is 1.90. The molecule has 1 unspecified atom stereocenters. The monoisotopic (exact) mass is 228 g/mol. The molecule has 0 spiro atoms. The molecule has 3 N–H and O–H groups in total. The molecule has 1 aliphatic rings. The first-order valence-electron chi connectivity index (χ1n) is 6.04. The van der Waals surface area contributed by atoms with Crippen LogP contribution in [0.3, 0.4) is 0 Å². The van der Waals surface area contributed by atoms with E-state index in [1.807, 2.05) is 11.9 Å². The summed E-state index contributed by atoms with van der Waals surface area (Å²) in [6.45, 7) is 5.61. The third-order valence-electron chi connectivity index (χ3n) is 3.26. The van der Waals surface area contributed by atoms with Crippen molar-refractivity contribution in [2.75, 3.05) is 26.7 Å². The number of aliphatic imine (C=N–C) groups is 1. The number of rotatable bonds is 5. The maximum atomic E-state index is 9.67. The van der Waals surface area contributed by atoms with Crippen LogP contribution >= 0.6 is 0 Å². The largest absolute Gasteiger partial charge is 0.390 e. The van der Waals surface area contributed by atoms with E-state index in [1.165, 1.54) is 13.0 Å². The van der Waals surface area contributed by atoms with E-state index in [0.29, 0.717) is 6.04 Å². The Morgan fingerprint density at radius 1 is 1.56 bits per heavy atom. The van der Waals surface area contributed by atoms with E-state index < -0.39 is 6.35 Å². The van der Waals surface area contributed by atoms with Crippen LogP contribution in [0.5, 0.6) is 0 Å². The van der Waals surface area contributed by atoms with Gasteiger partial charge in [0.25, 0.3) is 0 Å². The van der Waals surface area contributed by atoms with Crippen LogP contribution in [0.25, 0.3) is 0 Å². The van der Waals surface area contributed by atoms with Crippen molar-refractivity contribution in [2.24, 2.45) is 10.7 Å². The fourth-order valence-electron chi connectivity index (χ4n) is 2.24. The molecule has 0 saturated carbocycles. The van der Waals surface area contributed by atoms with Gasteiger partial charge in [0.2, 0.25) is 6.35 Å². The Bertz CT molecular complexity index is 214. The average molecular weight is 228 g/mol. The second kappa shape index (κ2) is 6.83. The fourth-order valence-corrected chi connectivity index (χ4v) is 2.24. The molecule has 0 amide bonds. The molecule has 0 aromatic carbocycles. The minimum atomic E-state index is -0.798. The lowest BCUT2D eigenvalue weighted by molar-refractivity contribution is -0.0167. The maximum absolute atomic E-state index is 9.67. The SMILES string of the molecule is CCCN1CCC(N(C)C(O)/N=C/N)CC1. The minimum Gasteiger partial charge on any atom is -0.390 e. The second-order valence-corrected chi connectivity index (χ2v) is 4.38. The summed E-state index contributed by atoms with van der Waals surface area (Å²) < 4.78 is 0. The minimum absolute atomic E-state index is 0.409. The predicted octanol–water partition coefficient (Wildman–Crippen LogP) is 0.0555. The molecular weight excluding hydrogens is 204 g/mol. The van der Waals surface area contributed by atoms with Gasteiger partial charge in [0.15, 0.2) is 0 Å². The highest BCUT2D eigenvalue weighted by Gasteiger charge is 2.25. The van der Waals surface area contributed by atoms with Crippen molar-refractivity contribution < 1.29 is 5.11 Å². The summed E-state index contributed by atoms with van der Waals surface area (Å²) in [6, 6.07) is 0.409. The van der Waals surface area contributed by atoms with Gasteiger partial charge < -0.3 is 15.7 Å². The van der Waals surface area contributed by atoms with E-state index in [2.05, 4.69) is 16.8 Å². The average Bonchev–Trinajstić information content (AvgIpc) is 2.30. The summed E-state index contributed by atoms with van der Waals surface area (Å²) in [5.41, 5.74) is 5.17. The molecule has 1 rings (SSSR count). The second-order valence-electron chi connectivity index (χ2n) is 4.38. The molecule has 0 bridgehead atoms. The number of hydrogen-bond donors (Lipinski definition) is 2. The van der Waals surface area contributed by atoms with E-state index in [0.717, 1.165) is 32.3 Å². The number of nitrogens with zero attached hydrogens (tertiary/aromatic N) is 3. The van der Waals surface area contributed by atoms with Gasteiger partial charge in [0.1, 0.15) is 0 Å². The lowest BCUT2D eigenvalue weighted by atomic mass is 10.0. The van der Waals surface area contributed by atoms with E-state index >= 15 is 0 Å². The Balaban J connectivity index is 2.35. The van der Waals surface area contributed by atoms with Gasteiger partial charge >= 0.3 is 0 Å².